The van der Waals surface area contributed by atoms with Crippen molar-refractivity contribution in [2.24, 2.45) is 11.8 Å². The van der Waals surface area contributed by atoms with E-state index in [1.54, 1.807) is 23.0 Å². The predicted molar refractivity (Wildman–Crippen MR) is 118 cm³/mol. The molecule has 166 valence electrons. The number of aromatic hydroxyl groups is 1. The summed E-state index contributed by atoms with van der Waals surface area (Å²) in [5.74, 6) is 0.603. The van der Waals surface area contributed by atoms with Gasteiger partial charge in [0.25, 0.3) is 0 Å². The summed E-state index contributed by atoms with van der Waals surface area (Å²) in [6.07, 6.45) is 10.5. The molecule has 1 N–H and O–H groups in total. The number of aromatic nitrogens is 4. The summed E-state index contributed by atoms with van der Waals surface area (Å²) < 4.78 is 15.1. The molecule has 3 aromatic rings. The summed E-state index contributed by atoms with van der Waals surface area (Å²) in [5.41, 5.74) is 4.16. The Morgan fingerprint density at radius 1 is 0.969 bits per heavy atom. The zero-order chi connectivity index (χ0) is 22.1. The fourth-order valence-electron chi connectivity index (χ4n) is 4.87. The monoisotopic (exact) mass is 434 g/mol. The first-order valence-corrected chi connectivity index (χ1v) is 11.4. The molecular weight excluding hydrogens is 407 g/mol. The van der Waals surface area contributed by atoms with Crippen LogP contribution >= 0.6 is 0 Å². The molecule has 0 bridgehead atoms. The Kier molecular flexibility index (Phi) is 5.72. The zero-order valence-corrected chi connectivity index (χ0v) is 18.0. The lowest BCUT2D eigenvalue weighted by Crippen LogP contribution is -2.24. The van der Waals surface area contributed by atoms with Gasteiger partial charge in [0.2, 0.25) is 0 Å². The van der Waals surface area contributed by atoms with E-state index < -0.39 is 6.17 Å². The van der Waals surface area contributed by atoms with Crippen molar-refractivity contribution < 1.29 is 14.3 Å². The first-order valence-electron chi connectivity index (χ1n) is 11.4. The van der Waals surface area contributed by atoms with Crippen LogP contribution in [0.1, 0.15) is 59.5 Å². The van der Waals surface area contributed by atoms with Gasteiger partial charge in [-0.15, -0.1) is 0 Å². The minimum Gasteiger partial charge on any atom is -0.506 e. The van der Waals surface area contributed by atoms with Gasteiger partial charge in [0.05, 0.1) is 29.3 Å². The van der Waals surface area contributed by atoms with Crippen LogP contribution < -0.4 is 0 Å². The molecule has 0 spiro atoms. The third-order valence-electron chi connectivity index (χ3n) is 6.77. The average molecular weight is 435 g/mol. The Labute approximate surface area is 186 Å². The van der Waals surface area contributed by atoms with E-state index in [0.29, 0.717) is 30.7 Å². The van der Waals surface area contributed by atoms with Crippen LogP contribution in [0.5, 0.6) is 5.75 Å². The van der Waals surface area contributed by atoms with E-state index in [9.17, 15) is 14.3 Å². The maximum Gasteiger partial charge on any atom is 0.169 e. The highest BCUT2D eigenvalue weighted by atomic mass is 19.1. The second-order valence-corrected chi connectivity index (χ2v) is 9.08. The van der Waals surface area contributed by atoms with Crippen LogP contribution in [0.3, 0.4) is 0 Å². The lowest BCUT2D eigenvalue weighted by molar-refractivity contribution is 0.0900. The maximum absolute atomic E-state index is 13.3. The Hall–Kier alpha value is -3.09. The average Bonchev–Trinajstić information content (AvgIpc) is 3.24. The molecule has 3 aromatic heterocycles. The number of hydrogen-bond donors (Lipinski definition) is 1. The summed E-state index contributed by atoms with van der Waals surface area (Å²) in [5, 5.41) is 14.0. The number of rotatable bonds is 5. The van der Waals surface area contributed by atoms with Crippen LogP contribution in [0.15, 0.2) is 42.9 Å². The number of hydrogen-bond acceptors (Lipinski definition) is 5. The van der Waals surface area contributed by atoms with Gasteiger partial charge in [-0.3, -0.25) is 14.8 Å². The van der Waals surface area contributed by atoms with Gasteiger partial charge in [0.15, 0.2) is 5.78 Å². The molecule has 1 unspecified atom stereocenters. The number of nitrogens with zero attached hydrogens (tertiary/aromatic N) is 4. The number of Topliss-reactive ketones (excluding diaryl/α,β-unsaturated/α-hetero) is 1. The summed E-state index contributed by atoms with van der Waals surface area (Å²) in [6, 6.07) is 7.36. The number of alkyl halides is 1. The molecular formula is C25H27FN4O2. The normalized spacial score (nSPS) is 23.2. The smallest absolute Gasteiger partial charge is 0.169 e. The molecule has 2 aliphatic rings. The van der Waals surface area contributed by atoms with Gasteiger partial charge in [-0.1, -0.05) is 0 Å². The molecule has 7 heteroatoms. The number of aryl methyl sites for hydroxylation is 1. The van der Waals surface area contributed by atoms with E-state index in [-0.39, 0.29) is 17.5 Å². The molecule has 1 saturated carbocycles. The predicted octanol–water partition coefficient (Wildman–Crippen LogP) is 4.43. The van der Waals surface area contributed by atoms with Gasteiger partial charge in [-0.2, -0.15) is 5.10 Å². The van der Waals surface area contributed by atoms with Crippen molar-refractivity contribution in [2.45, 2.75) is 57.5 Å². The van der Waals surface area contributed by atoms with Gasteiger partial charge in [0, 0.05) is 23.5 Å². The van der Waals surface area contributed by atoms with E-state index in [0.717, 1.165) is 54.9 Å². The minimum absolute atomic E-state index is 0.0976. The van der Waals surface area contributed by atoms with E-state index in [1.165, 1.54) is 6.20 Å². The molecule has 1 fully saturated rings. The molecule has 0 radical (unpaired) electrons. The van der Waals surface area contributed by atoms with Gasteiger partial charge in [-0.05, 0) is 81.5 Å². The van der Waals surface area contributed by atoms with Crippen molar-refractivity contribution in [3.05, 3.63) is 65.5 Å². The van der Waals surface area contributed by atoms with E-state index in [4.69, 9.17) is 0 Å². The molecule has 1 atom stereocenters. The summed E-state index contributed by atoms with van der Waals surface area (Å²) >= 11 is 0. The van der Waals surface area contributed by atoms with Crippen LogP contribution in [0.25, 0.3) is 5.69 Å². The van der Waals surface area contributed by atoms with Crippen LogP contribution in [-0.2, 0) is 19.3 Å². The van der Waals surface area contributed by atoms with E-state index >= 15 is 0 Å². The molecule has 32 heavy (non-hydrogen) atoms. The quantitative estimate of drug-likeness (QED) is 0.643. The van der Waals surface area contributed by atoms with E-state index in [1.807, 2.05) is 18.3 Å². The third-order valence-corrected chi connectivity index (χ3v) is 6.77. The topological polar surface area (TPSA) is 80.9 Å². The highest BCUT2D eigenvalue weighted by Gasteiger charge is 2.30. The van der Waals surface area contributed by atoms with E-state index in [2.05, 4.69) is 15.1 Å². The van der Waals surface area contributed by atoms with Crippen molar-refractivity contribution in [3.8, 4) is 11.4 Å². The van der Waals surface area contributed by atoms with Gasteiger partial charge >= 0.3 is 0 Å². The molecule has 0 aromatic carbocycles. The maximum atomic E-state index is 13.3. The number of ketones is 1. The second kappa shape index (κ2) is 8.81. The first-order chi connectivity index (χ1) is 15.5. The molecule has 0 saturated heterocycles. The van der Waals surface area contributed by atoms with Crippen molar-refractivity contribution in [2.75, 3.05) is 0 Å². The molecule has 5 rings (SSSR count). The minimum atomic E-state index is -0.632. The van der Waals surface area contributed by atoms with Gasteiger partial charge in [0.1, 0.15) is 11.9 Å². The molecule has 3 heterocycles. The van der Waals surface area contributed by atoms with Crippen molar-refractivity contribution in [1.82, 2.24) is 19.7 Å². The van der Waals surface area contributed by atoms with Gasteiger partial charge in [-0.25, -0.2) is 9.07 Å². The number of halogens is 1. The number of carbonyl (C=O) groups is 1. The van der Waals surface area contributed by atoms with Gasteiger partial charge < -0.3 is 5.11 Å². The number of carbonyl (C=O) groups excluding carboxylic acids is 1. The number of pyridine rings is 2. The highest BCUT2D eigenvalue weighted by molar-refractivity contribution is 5.99. The standard InChI is InChI=1S/C25H27FN4O2/c26-18-4-1-16(2-5-18)11-19-6-8-21(13-27-19)30-15-23-24(29-30)10-3-17(25(23)32)12-20-7-9-22(31)14-28-20/h6-9,13-18,31H,1-5,10-12H2. The largest absolute Gasteiger partial charge is 0.506 e. The third kappa shape index (κ3) is 4.42. The lowest BCUT2D eigenvalue weighted by atomic mass is 9.83. The van der Waals surface area contributed by atoms with Crippen molar-refractivity contribution in [3.63, 3.8) is 0 Å². The lowest BCUT2D eigenvalue weighted by Gasteiger charge is -2.23. The van der Waals surface area contributed by atoms with Crippen LogP contribution in [0, 0.1) is 11.8 Å². The SMILES string of the molecule is O=C1c2cn(-c3ccc(CC4CCC(F)CC4)nc3)nc2CCC1Cc1ccc(O)cn1. The highest BCUT2D eigenvalue weighted by Crippen LogP contribution is 2.30. The summed E-state index contributed by atoms with van der Waals surface area (Å²) in [4.78, 5) is 21.9. The first kappa shape index (κ1) is 20.8. The number of fused-ring (bicyclic) bond motifs is 1. The van der Waals surface area contributed by atoms with Crippen LogP contribution in [0.2, 0.25) is 0 Å². The molecule has 0 amide bonds. The zero-order valence-electron chi connectivity index (χ0n) is 18.0. The Morgan fingerprint density at radius 2 is 1.72 bits per heavy atom. The van der Waals surface area contributed by atoms with Crippen molar-refractivity contribution in [1.29, 1.82) is 0 Å². The summed E-state index contributed by atoms with van der Waals surface area (Å²) in [7, 11) is 0. The molecule has 0 aliphatic heterocycles. The van der Waals surface area contributed by atoms with Crippen LogP contribution in [0.4, 0.5) is 4.39 Å². The molecule has 6 nitrogen and oxygen atoms in total. The van der Waals surface area contributed by atoms with Crippen LogP contribution in [-0.4, -0.2) is 36.8 Å². The summed E-state index contributed by atoms with van der Waals surface area (Å²) in [6.45, 7) is 0. The second-order valence-electron chi connectivity index (χ2n) is 9.08. The Bertz CT molecular complexity index is 1090. The Balaban J connectivity index is 1.26. The van der Waals surface area contributed by atoms with Crippen molar-refractivity contribution >= 4 is 5.78 Å². The Morgan fingerprint density at radius 3 is 2.44 bits per heavy atom. The fraction of sp³-hybridized carbons (Fsp3) is 0.440. The fourth-order valence-corrected chi connectivity index (χ4v) is 4.87. The molecule has 2 aliphatic carbocycles.